The number of hydrogen-bond donors (Lipinski definition) is 2. The van der Waals surface area contributed by atoms with Crippen LogP contribution in [0.15, 0.2) is 0 Å². The van der Waals surface area contributed by atoms with Crippen molar-refractivity contribution in [3.05, 3.63) is 0 Å². The second kappa shape index (κ2) is 7.24. The third-order valence-corrected chi connectivity index (χ3v) is 3.48. The second-order valence-corrected chi connectivity index (χ2v) is 5.36. The summed E-state index contributed by atoms with van der Waals surface area (Å²) in [5.74, 6) is -0.794. The SMILES string of the molecule is CCC(C)(C)N(C)C(=O)NC(C)CCCC(=O)O. The molecule has 0 saturated heterocycles. The highest BCUT2D eigenvalue weighted by molar-refractivity contribution is 5.75. The number of nitrogens with one attached hydrogen (secondary N) is 1. The molecule has 106 valence electrons. The van der Waals surface area contributed by atoms with Crippen molar-refractivity contribution in [2.75, 3.05) is 7.05 Å². The summed E-state index contributed by atoms with van der Waals surface area (Å²) in [6.07, 6.45) is 2.29. The monoisotopic (exact) mass is 258 g/mol. The molecule has 0 aliphatic heterocycles. The van der Waals surface area contributed by atoms with E-state index in [1.165, 1.54) is 0 Å². The fourth-order valence-electron chi connectivity index (χ4n) is 1.45. The number of rotatable bonds is 7. The van der Waals surface area contributed by atoms with E-state index in [-0.39, 0.29) is 24.0 Å². The van der Waals surface area contributed by atoms with E-state index in [2.05, 4.69) is 5.32 Å². The van der Waals surface area contributed by atoms with Crippen LogP contribution in [-0.4, -0.2) is 40.6 Å². The minimum atomic E-state index is -0.794. The molecule has 2 N–H and O–H groups in total. The average molecular weight is 258 g/mol. The number of nitrogens with zero attached hydrogens (tertiary/aromatic N) is 1. The lowest BCUT2D eigenvalue weighted by Gasteiger charge is -2.35. The molecule has 0 bridgehead atoms. The zero-order valence-electron chi connectivity index (χ0n) is 12.1. The van der Waals surface area contributed by atoms with Crippen LogP contribution in [0.3, 0.4) is 0 Å². The van der Waals surface area contributed by atoms with Crippen LogP contribution in [0.4, 0.5) is 4.79 Å². The maximum Gasteiger partial charge on any atom is 0.317 e. The van der Waals surface area contributed by atoms with Crippen LogP contribution in [0.1, 0.15) is 53.4 Å². The first-order chi connectivity index (χ1) is 8.20. The first-order valence-corrected chi connectivity index (χ1v) is 6.46. The van der Waals surface area contributed by atoms with Gasteiger partial charge < -0.3 is 15.3 Å². The van der Waals surface area contributed by atoms with Gasteiger partial charge in [0.05, 0.1) is 0 Å². The van der Waals surface area contributed by atoms with Gasteiger partial charge in [-0.15, -0.1) is 0 Å². The molecule has 0 aliphatic carbocycles. The predicted molar refractivity (Wildman–Crippen MR) is 71.6 cm³/mol. The second-order valence-electron chi connectivity index (χ2n) is 5.36. The highest BCUT2D eigenvalue weighted by atomic mass is 16.4. The lowest BCUT2D eigenvalue weighted by molar-refractivity contribution is -0.137. The Kier molecular flexibility index (Phi) is 6.73. The van der Waals surface area contributed by atoms with Gasteiger partial charge in [0.15, 0.2) is 0 Å². The molecule has 18 heavy (non-hydrogen) atoms. The molecule has 0 spiro atoms. The van der Waals surface area contributed by atoms with E-state index in [4.69, 9.17) is 5.11 Å². The molecule has 0 aromatic rings. The Morgan fingerprint density at radius 1 is 1.39 bits per heavy atom. The number of carboxylic acids is 1. The molecule has 1 atom stereocenters. The average Bonchev–Trinajstić information content (AvgIpc) is 2.27. The standard InChI is InChI=1S/C13H26N2O3/c1-6-13(3,4)15(5)12(18)14-10(2)8-7-9-11(16)17/h10H,6-9H2,1-5H3,(H,14,18)(H,16,17). The Labute approximate surface area is 110 Å². The molecule has 5 nitrogen and oxygen atoms in total. The van der Waals surface area contributed by atoms with Crippen molar-refractivity contribution in [3.8, 4) is 0 Å². The van der Waals surface area contributed by atoms with Crippen LogP contribution >= 0.6 is 0 Å². The summed E-state index contributed by atoms with van der Waals surface area (Å²) in [5, 5.41) is 11.4. The van der Waals surface area contributed by atoms with Crippen LogP contribution in [-0.2, 0) is 4.79 Å². The Morgan fingerprint density at radius 2 is 1.94 bits per heavy atom. The number of carbonyl (C=O) groups excluding carboxylic acids is 1. The van der Waals surface area contributed by atoms with E-state index in [9.17, 15) is 9.59 Å². The third-order valence-electron chi connectivity index (χ3n) is 3.48. The van der Waals surface area contributed by atoms with E-state index >= 15 is 0 Å². The van der Waals surface area contributed by atoms with Crippen molar-refractivity contribution < 1.29 is 14.7 Å². The predicted octanol–water partition coefficient (Wildman–Crippen LogP) is 2.46. The van der Waals surface area contributed by atoms with E-state index < -0.39 is 5.97 Å². The van der Waals surface area contributed by atoms with Crippen molar-refractivity contribution in [2.45, 2.75) is 65.0 Å². The lowest BCUT2D eigenvalue weighted by atomic mass is 10.0. The van der Waals surface area contributed by atoms with Gasteiger partial charge in [0.1, 0.15) is 0 Å². The van der Waals surface area contributed by atoms with Crippen LogP contribution in [0.25, 0.3) is 0 Å². The minimum Gasteiger partial charge on any atom is -0.481 e. The normalized spacial score (nSPS) is 12.9. The number of amides is 2. The van der Waals surface area contributed by atoms with Gasteiger partial charge in [0, 0.05) is 25.0 Å². The molecular weight excluding hydrogens is 232 g/mol. The van der Waals surface area contributed by atoms with Crippen LogP contribution in [0, 0.1) is 0 Å². The molecule has 5 heteroatoms. The summed E-state index contributed by atoms with van der Waals surface area (Å²) in [6.45, 7) is 7.97. The minimum absolute atomic E-state index is 0.00745. The maximum atomic E-state index is 12.0. The first kappa shape index (κ1) is 16.7. The molecule has 0 aliphatic rings. The third kappa shape index (κ3) is 5.89. The number of aliphatic carboxylic acids is 1. The van der Waals surface area contributed by atoms with Crippen molar-refractivity contribution >= 4 is 12.0 Å². The van der Waals surface area contributed by atoms with Crippen LogP contribution in [0.5, 0.6) is 0 Å². The largest absolute Gasteiger partial charge is 0.481 e. The topological polar surface area (TPSA) is 69.6 Å². The zero-order chi connectivity index (χ0) is 14.3. The van der Waals surface area contributed by atoms with Gasteiger partial charge in [-0.2, -0.15) is 0 Å². The van der Waals surface area contributed by atoms with Crippen molar-refractivity contribution in [1.29, 1.82) is 0 Å². The van der Waals surface area contributed by atoms with Crippen molar-refractivity contribution in [1.82, 2.24) is 10.2 Å². The van der Waals surface area contributed by atoms with Gasteiger partial charge in [-0.25, -0.2) is 4.79 Å². The number of hydrogen-bond acceptors (Lipinski definition) is 2. The lowest BCUT2D eigenvalue weighted by Crippen LogP contribution is -2.51. The van der Waals surface area contributed by atoms with Crippen LogP contribution in [0.2, 0.25) is 0 Å². The highest BCUT2D eigenvalue weighted by Crippen LogP contribution is 2.16. The molecule has 1 unspecified atom stereocenters. The summed E-state index contributed by atoms with van der Waals surface area (Å²) < 4.78 is 0. The van der Waals surface area contributed by atoms with Gasteiger partial charge in [-0.3, -0.25) is 4.79 Å². The van der Waals surface area contributed by atoms with Gasteiger partial charge in [-0.1, -0.05) is 6.92 Å². The van der Waals surface area contributed by atoms with E-state index in [1.54, 1.807) is 11.9 Å². The fraction of sp³-hybridized carbons (Fsp3) is 0.846. The zero-order valence-corrected chi connectivity index (χ0v) is 12.1. The van der Waals surface area contributed by atoms with Gasteiger partial charge in [-0.05, 0) is 40.0 Å². The summed E-state index contributed by atoms with van der Waals surface area (Å²) >= 11 is 0. The summed E-state index contributed by atoms with van der Waals surface area (Å²) in [5.41, 5.74) is -0.176. The summed E-state index contributed by atoms with van der Waals surface area (Å²) in [6, 6.07) is -0.114. The van der Waals surface area contributed by atoms with Gasteiger partial charge in [0.25, 0.3) is 0 Å². The van der Waals surface area contributed by atoms with Gasteiger partial charge >= 0.3 is 12.0 Å². The molecule has 0 heterocycles. The Bertz CT molecular complexity index is 290. The fourth-order valence-corrected chi connectivity index (χ4v) is 1.45. The molecule has 2 amide bonds. The summed E-state index contributed by atoms with van der Waals surface area (Å²) in [7, 11) is 1.78. The van der Waals surface area contributed by atoms with Crippen LogP contribution < -0.4 is 5.32 Å². The number of carboxylic acid groups (broad SMARTS) is 1. The summed E-state index contributed by atoms with van der Waals surface area (Å²) in [4.78, 5) is 24.0. The van der Waals surface area contributed by atoms with Gasteiger partial charge in [0.2, 0.25) is 0 Å². The van der Waals surface area contributed by atoms with E-state index in [0.717, 1.165) is 6.42 Å². The van der Waals surface area contributed by atoms with Crippen molar-refractivity contribution in [3.63, 3.8) is 0 Å². The first-order valence-electron chi connectivity index (χ1n) is 6.46. The quantitative estimate of drug-likeness (QED) is 0.737. The van der Waals surface area contributed by atoms with Crippen molar-refractivity contribution in [2.24, 2.45) is 0 Å². The Hall–Kier alpha value is -1.26. The molecule has 0 aromatic carbocycles. The highest BCUT2D eigenvalue weighted by Gasteiger charge is 2.26. The maximum absolute atomic E-state index is 12.0. The Balaban J connectivity index is 4.11. The molecule has 0 rings (SSSR count). The van der Waals surface area contributed by atoms with E-state index in [0.29, 0.717) is 12.8 Å². The molecule has 0 radical (unpaired) electrons. The Morgan fingerprint density at radius 3 is 2.39 bits per heavy atom. The molecule has 0 fully saturated rings. The number of urea groups is 1. The molecule has 0 aromatic heterocycles. The molecule has 0 saturated carbocycles. The number of carbonyl (C=O) groups is 2. The molecular formula is C13H26N2O3. The van der Waals surface area contributed by atoms with E-state index in [1.807, 2.05) is 27.7 Å². The smallest absolute Gasteiger partial charge is 0.317 e.